The molecule has 0 spiro atoms. The van der Waals surface area contributed by atoms with Gasteiger partial charge in [0, 0.05) is 12.1 Å². The zero-order valence-corrected chi connectivity index (χ0v) is 9.69. The van der Waals surface area contributed by atoms with Gasteiger partial charge in [-0.25, -0.2) is 0 Å². The van der Waals surface area contributed by atoms with Crippen molar-refractivity contribution in [3.05, 3.63) is 40.4 Å². The van der Waals surface area contributed by atoms with Gasteiger partial charge >= 0.3 is 0 Å². The number of non-ortho nitro benzene ring substituents is 1. The number of rotatable bonds is 1. The summed E-state index contributed by atoms with van der Waals surface area (Å²) in [5.74, 6) is 0. The molecule has 0 radical (unpaired) electrons. The summed E-state index contributed by atoms with van der Waals surface area (Å²) in [7, 11) is 0. The minimum absolute atomic E-state index is 0.137. The average molecular weight is 277 g/mol. The lowest BCUT2D eigenvalue weighted by Gasteiger charge is -1.91. The SMILES string of the molecule is ClC(Cl)(Cl)Cl.O=[N+]([O-])c1ccccc1. The van der Waals surface area contributed by atoms with E-state index in [0.29, 0.717) is 0 Å². The van der Waals surface area contributed by atoms with Crippen LogP contribution in [0.5, 0.6) is 0 Å². The number of para-hydroxylation sites is 1. The third-order valence-electron chi connectivity index (χ3n) is 0.967. The number of hydrogen-bond acceptors (Lipinski definition) is 2. The Morgan fingerprint density at radius 1 is 1.07 bits per heavy atom. The second kappa shape index (κ2) is 6.30. The lowest BCUT2D eigenvalue weighted by atomic mass is 10.3. The Labute approximate surface area is 101 Å². The first-order valence-electron chi connectivity index (χ1n) is 3.26. The normalized spacial score (nSPS) is 10.0. The lowest BCUT2D eigenvalue weighted by molar-refractivity contribution is -0.384. The van der Waals surface area contributed by atoms with Crippen LogP contribution in [-0.2, 0) is 0 Å². The van der Waals surface area contributed by atoms with Gasteiger partial charge in [0.25, 0.3) is 8.94 Å². The molecule has 78 valence electrons. The van der Waals surface area contributed by atoms with E-state index in [-0.39, 0.29) is 5.69 Å². The molecule has 0 heterocycles. The minimum Gasteiger partial charge on any atom is -0.258 e. The standard InChI is InChI=1S/C6H5NO2.CCl4/c8-7(9)6-4-2-1-3-5-6;2-1(3,4)5/h1-5H;. The fraction of sp³-hybridized carbons (Fsp3) is 0.143. The second-order valence-corrected chi connectivity index (χ2v) is 5.45. The summed E-state index contributed by atoms with van der Waals surface area (Å²) < 4.78 is -1.61. The fourth-order valence-corrected chi connectivity index (χ4v) is 0.550. The maximum Gasteiger partial charge on any atom is 0.269 e. The first kappa shape index (κ1) is 13.8. The van der Waals surface area contributed by atoms with Crippen molar-refractivity contribution >= 4 is 52.1 Å². The van der Waals surface area contributed by atoms with Gasteiger partial charge in [0.2, 0.25) is 0 Å². The molecule has 1 aromatic carbocycles. The molecule has 0 aromatic heterocycles. The molecule has 0 amide bonds. The molecule has 0 atom stereocenters. The molecule has 0 bridgehead atoms. The summed E-state index contributed by atoms with van der Waals surface area (Å²) in [6.45, 7) is 0. The van der Waals surface area contributed by atoms with Crippen LogP contribution in [-0.4, -0.2) is 8.18 Å². The van der Waals surface area contributed by atoms with Crippen LogP contribution in [0.4, 0.5) is 5.69 Å². The van der Waals surface area contributed by atoms with Crippen molar-refractivity contribution in [1.29, 1.82) is 0 Å². The number of alkyl halides is 4. The highest BCUT2D eigenvalue weighted by Gasteiger charge is 2.11. The fourth-order valence-electron chi connectivity index (χ4n) is 0.550. The van der Waals surface area contributed by atoms with E-state index in [9.17, 15) is 10.1 Å². The van der Waals surface area contributed by atoms with Gasteiger partial charge in [-0.3, -0.25) is 10.1 Å². The van der Waals surface area contributed by atoms with Crippen molar-refractivity contribution in [2.45, 2.75) is 3.25 Å². The van der Waals surface area contributed by atoms with Gasteiger partial charge in [0.05, 0.1) is 4.92 Å². The second-order valence-electron chi connectivity index (χ2n) is 2.02. The van der Waals surface area contributed by atoms with Gasteiger partial charge < -0.3 is 0 Å². The van der Waals surface area contributed by atoms with Gasteiger partial charge in [-0.15, -0.1) is 0 Å². The van der Waals surface area contributed by atoms with Crippen molar-refractivity contribution in [2.75, 3.05) is 0 Å². The zero-order chi connectivity index (χ0) is 11.2. The van der Waals surface area contributed by atoms with E-state index < -0.39 is 8.18 Å². The predicted molar refractivity (Wildman–Crippen MR) is 59.2 cm³/mol. The van der Waals surface area contributed by atoms with E-state index in [4.69, 9.17) is 46.4 Å². The highest BCUT2D eigenvalue weighted by molar-refractivity contribution is 6.83. The molecule has 1 rings (SSSR count). The van der Waals surface area contributed by atoms with Crippen molar-refractivity contribution < 1.29 is 4.92 Å². The summed E-state index contributed by atoms with van der Waals surface area (Å²) >= 11 is 19.3. The molecule has 0 saturated carbocycles. The lowest BCUT2D eigenvalue weighted by Crippen LogP contribution is -1.84. The third-order valence-corrected chi connectivity index (χ3v) is 0.967. The molecule has 0 saturated heterocycles. The van der Waals surface area contributed by atoms with Crippen molar-refractivity contribution in [1.82, 2.24) is 0 Å². The van der Waals surface area contributed by atoms with Crippen LogP contribution in [0.3, 0.4) is 0 Å². The Kier molecular flexibility index (Phi) is 6.20. The highest BCUT2D eigenvalue weighted by Crippen LogP contribution is 2.29. The van der Waals surface area contributed by atoms with Gasteiger partial charge in [0.1, 0.15) is 0 Å². The summed E-state index contributed by atoms with van der Waals surface area (Å²) in [4.78, 5) is 9.59. The highest BCUT2D eigenvalue weighted by atomic mass is 35.6. The van der Waals surface area contributed by atoms with Gasteiger partial charge in [-0.05, 0) is 0 Å². The minimum atomic E-state index is -1.61. The maximum absolute atomic E-state index is 10.0. The van der Waals surface area contributed by atoms with E-state index in [2.05, 4.69) is 0 Å². The molecule has 14 heavy (non-hydrogen) atoms. The molecule has 0 N–H and O–H groups in total. The Balaban J connectivity index is 0.000000292. The summed E-state index contributed by atoms with van der Waals surface area (Å²) in [5.41, 5.74) is 0.137. The molecule has 7 heteroatoms. The molecular formula is C7H5Cl4NO2. The Morgan fingerprint density at radius 2 is 1.43 bits per heavy atom. The monoisotopic (exact) mass is 275 g/mol. The Morgan fingerprint density at radius 3 is 1.64 bits per heavy atom. The molecule has 1 aromatic rings. The van der Waals surface area contributed by atoms with E-state index in [0.717, 1.165) is 0 Å². The topological polar surface area (TPSA) is 43.1 Å². The smallest absolute Gasteiger partial charge is 0.258 e. The summed E-state index contributed by atoms with van der Waals surface area (Å²) in [6, 6.07) is 7.93. The first-order chi connectivity index (χ1) is 6.30. The number of nitro benzene ring substituents is 1. The molecule has 0 aliphatic carbocycles. The molecule has 0 fully saturated rings. The Hall–Kier alpha value is -0.220. The van der Waals surface area contributed by atoms with Gasteiger partial charge in [0.15, 0.2) is 0 Å². The summed E-state index contributed by atoms with van der Waals surface area (Å²) in [6.07, 6.45) is 0. The van der Waals surface area contributed by atoms with Crippen LogP contribution >= 0.6 is 46.4 Å². The van der Waals surface area contributed by atoms with Gasteiger partial charge in [-0.1, -0.05) is 64.6 Å². The van der Waals surface area contributed by atoms with Crippen LogP contribution in [0, 0.1) is 10.1 Å². The van der Waals surface area contributed by atoms with Crippen LogP contribution in [0.2, 0.25) is 0 Å². The van der Waals surface area contributed by atoms with Crippen LogP contribution in [0.15, 0.2) is 30.3 Å². The number of hydrogen-bond donors (Lipinski definition) is 0. The molecule has 3 nitrogen and oxygen atoms in total. The maximum atomic E-state index is 10.0. The average Bonchev–Trinajstić information content (AvgIpc) is 2.03. The van der Waals surface area contributed by atoms with E-state index in [1.807, 2.05) is 0 Å². The predicted octanol–water partition coefficient (Wildman–Crippen LogP) is 4.15. The van der Waals surface area contributed by atoms with E-state index >= 15 is 0 Å². The van der Waals surface area contributed by atoms with Crippen LogP contribution < -0.4 is 0 Å². The Bertz CT molecular complexity index is 279. The quantitative estimate of drug-likeness (QED) is 0.439. The van der Waals surface area contributed by atoms with E-state index in [1.165, 1.54) is 12.1 Å². The van der Waals surface area contributed by atoms with Crippen molar-refractivity contribution in [2.24, 2.45) is 0 Å². The molecule has 0 aliphatic rings. The van der Waals surface area contributed by atoms with Crippen molar-refractivity contribution in [3.63, 3.8) is 0 Å². The molecule has 0 unspecified atom stereocenters. The van der Waals surface area contributed by atoms with E-state index in [1.54, 1.807) is 18.2 Å². The van der Waals surface area contributed by atoms with Crippen LogP contribution in [0.25, 0.3) is 0 Å². The number of nitrogens with zero attached hydrogens (tertiary/aromatic N) is 1. The van der Waals surface area contributed by atoms with Crippen LogP contribution in [0.1, 0.15) is 0 Å². The summed E-state index contributed by atoms with van der Waals surface area (Å²) in [5, 5.41) is 10.0. The number of benzene rings is 1. The zero-order valence-electron chi connectivity index (χ0n) is 6.66. The number of nitro groups is 1. The molecule has 0 aliphatic heterocycles. The van der Waals surface area contributed by atoms with Crippen molar-refractivity contribution in [3.8, 4) is 0 Å². The molecular weight excluding hydrogens is 272 g/mol. The number of halogens is 4. The third kappa shape index (κ3) is 9.86. The van der Waals surface area contributed by atoms with Gasteiger partial charge in [-0.2, -0.15) is 0 Å². The largest absolute Gasteiger partial charge is 0.269 e. The first-order valence-corrected chi connectivity index (χ1v) is 4.77.